The molecule has 1 aromatic carbocycles. The van der Waals surface area contributed by atoms with E-state index >= 15 is 0 Å². The maximum Gasteiger partial charge on any atom is 0.307 e. The molecule has 3 rings (SSSR count). The number of carboxylic acids is 1. The second-order valence-corrected chi connectivity index (χ2v) is 4.71. The molecular weight excluding hydrogens is 284 g/mol. The van der Waals surface area contributed by atoms with Crippen molar-refractivity contribution in [3.63, 3.8) is 0 Å². The van der Waals surface area contributed by atoms with Crippen LogP contribution in [0.3, 0.4) is 0 Å². The SMILES string of the molecule is NCc1nnn(-c2ccc(CC(=O)O)cc2)c1-c1ccco1. The summed E-state index contributed by atoms with van der Waals surface area (Å²) in [5, 5.41) is 17.0. The molecule has 22 heavy (non-hydrogen) atoms. The Bertz CT molecular complexity index is 776. The number of aliphatic carboxylic acids is 1. The fourth-order valence-electron chi connectivity index (χ4n) is 2.22. The fraction of sp³-hybridized carbons (Fsp3) is 0.133. The largest absolute Gasteiger partial charge is 0.481 e. The topological polar surface area (TPSA) is 107 Å². The molecule has 112 valence electrons. The Kier molecular flexibility index (Phi) is 3.71. The van der Waals surface area contributed by atoms with Crippen LogP contribution >= 0.6 is 0 Å². The Morgan fingerprint density at radius 2 is 2.05 bits per heavy atom. The molecule has 0 unspecified atom stereocenters. The summed E-state index contributed by atoms with van der Waals surface area (Å²) in [5.41, 5.74) is 8.50. The van der Waals surface area contributed by atoms with Crippen LogP contribution in [-0.2, 0) is 17.8 Å². The predicted octanol–water partition coefficient (Wildman–Crippen LogP) is 1.61. The van der Waals surface area contributed by atoms with Crippen LogP contribution in [0.2, 0.25) is 0 Å². The van der Waals surface area contributed by atoms with Crippen LogP contribution in [0.5, 0.6) is 0 Å². The summed E-state index contributed by atoms with van der Waals surface area (Å²) in [4.78, 5) is 10.7. The number of carbonyl (C=O) groups is 1. The van der Waals surface area contributed by atoms with E-state index in [1.54, 1.807) is 41.3 Å². The molecule has 0 spiro atoms. The molecule has 7 heteroatoms. The number of nitrogens with zero attached hydrogens (tertiary/aromatic N) is 3. The van der Waals surface area contributed by atoms with Gasteiger partial charge in [-0.2, -0.15) is 0 Å². The van der Waals surface area contributed by atoms with Crippen molar-refractivity contribution in [2.45, 2.75) is 13.0 Å². The third kappa shape index (κ3) is 2.61. The number of hydrogen-bond acceptors (Lipinski definition) is 5. The first-order valence-corrected chi connectivity index (χ1v) is 6.68. The Labute approximate surface area is 126 Å². The fourth-order valence-corrected chi connectivity index (χ4v) is 2.22. The molecule has 7 nitrogen and oxygen atoms in total. The van der Waals surface area contributed by atoms with Gasteiger partial charge in [-0.3, -0.25) is 4.79 Å². The van der Waals surface area contributed by atoms with Gasteiger partial charge in [-0.25, -0.2) is 4.68 Å². The number of carboxylic acid groups (broad SMARTS) is 1. The average Bonchev–Trinajstić information content (AvgIpc) is 3.16. The van der Waals surface area contributed by atoms with Gasteiger partial charge in [0.05, 0.1) is 18.4 Å². The number of rotatable bonds is 5. The molecular formula is C15H14N4O3. The van der Waals surface area contributed by atoms with Gasteiger partial charge in [0.15, 0.2) is 5.76 Å². The van der Waals surface area contributed by atoms with Crippen LogP contribution in [0.25, 0.3) is 17.1 Å². The number of furan rings is 1. The lowest BCUT2D eigenvalue weighted by atomic mass is 10.1. The summed E-state index contributed by atoms with van der Waals surface area (Å²) < 4.78 is 7.06. The molecule has 0 saturated heterocycles. The van der Waals surface area contributed by atoms with E-state index in [9.17, 15) is 4.79 Å². The normalized spacial score (nSPS) is 10.8. The zero-order valence-electron chi connectivity index (χ0n) is 11.6. The molecule has 3 N–H and O–H groups in total. The Morgan fingerprint density at radius 3 is 2.64 bits per heavy atom. The van der Waals surface area contributed by atoms with Gasteiger partial charge in [0.25, 0.3) is 0 Å². The number of aromatic nitrogens is 3. The van der Waals surface area contributed by atoms with E-state index in [-0.39, 0.29) is 13.0 Å². The summed E-state index contributed by atoms with van der Waals surface area (Å²) in [6.07, 6.45) is 1.56. The van der Waals surface area contributed by atoms with Crippen LogP contribution in [0, 0.1) is 0 Å². The first-order chi connectivity index (χ1) is 10.7. The zero-order valence-corrected chi connectivity index (χ0v) is 11.6. The average molecular weight is 298 g/mol. The first-order valence-electron chi connectivity index (χ1n) is 6.68. The predicted molar refractivity (Wildman–Crippen MR) is 78.3 cm³/mol. The molecule has 2 heterocycles. The van der Waals surface area contributed by atoms with Crippen molar-refractivity contribution < 1.29 is 14.3 Å². The molecule has 0 aliphatic carbocycles. The monoisotopic (exact) mass is 298 g/mol. The van der Waals surface area contributed by atoms with Crippen molar-refractivity contribution in [1.29, 1.82) is 0 Å². The van der Waals surface area contributed by atoms with Crippen LogP contribution in [0.15, 0.2) is 47.1 Å². The van der Waals surface area contributed by atoms with Gasteiger partial charge in [0.2, 0.25) is 0 Å². The minimum Gasteiger partial charge on any atom is -0.481 e. The van der Waals surface area contributed by atoms with Crippen LogP contribution in [0.4, 0.5) is 0 Å². The van der Waals surface area contributed by atoms with E-state index in [4.69, 9.17) is 15.3 Å². The van der Waals surface area contributed by atoms with Crippen molar-refractivity contribution >= 4 is 5.97 Å². The molecule has 0 fully saturated rings. The molecule has 0 atom stereocenters. The van der Waals surface area contributed by atoms with Gasteiger partial charge in [-0.15, -0.1) is 5.10 Å². The summed E-state index contributed by atoms with van der Waals surface area (Å²) in [5.74, 6) is -0.240. The standard InChI is InChI=1S/C15H14N4O3/c16-9-12-15(13-2-1-7-22-13)19(18-17-12)11-5-3-10(4-6-11)8-14(20)21/h1-7H,8-9,16H2,(H,20,21). The van der Waals surface area contributed by atoms with Crippen molar-refractivity contribution in [2.24, 2.45) is 5.73 Å². The van der Waals surface area contributed by atoms with E-state index in [0.29, 0.717) is 17.1 Å². The molecule has 3 aromatic rings. The Balaban J connectivity index is 2.02. The highest BCUT2D eigenvalue weighted by atomic mass is 16.4. The Morgan fingerprint density at radius 1 is 1.27 bits per heavy atom. The second kappa shape index (κ2) is 5.82. The highest BCUT2D eigenvalue weighted by Crippen LogP contribution is 2.25. The van der Waals surface area contributed by atoms with Gasteiger partial charge in [-0.1, -0.05) is 17.3 Å². The highest BCUT2D eigenvalue weighted by molar-refractivity contribution is 5.70. The summed E-state index contributed by atoms with van der Waals surface area (Å²) in [7, 11) is 0. The number of nitrogens with two attached hydrogens (primary N) is 1. The molecule has 0 aliphatic rings. The van der Waals surface area contributed by atoms with E-state index in [1.807, 2.05) is 6.07 Å². The van der Waals surface area contributed by atoms with Gasteiger partial charge in [-0.05, 0) is 29.8 Å². The van der Waals surface area contributed by atoms with E-state index in [2.05, 4.69) is 10.3 Å². The lowest BCUT2D eigenvalue weighted by Gasteiger charge is -2.06. The molecule has 0 amide bonds. The summed E-state index contributed by atoms with van der Waals surface area (Å²) in [6.45, 7) is 0.243. The number of hydrogen-bond donors (Lipinski definition) is 2. The lowest BCUT2D eigenvalue weighted by molar-refractivity contribution is -0.136. The van der Waals surface area contributed by atoms with Crippen LogP contribution in [0.1, 0.15) is 11.3 Å². The molecule has 2 aromatic heterocycles. The van der Waals surface area contributed by atoms with Gasteiger partial charge >= 0.3 is 5.97 Å². The summed E-state index contributed by atoms with van der Waals surface area (Å²) in [6, 6.07) is 10.7. The zero-order chi connectivity index (χ0) is 15.5. The van der Waals surface area contributed by atoms with Gasteiger partial charge in [0.1, 0.15) is 11.4 Å². The smallest absolute Gasteiger partial charge is 0.307 e. The van der Waals surface area contributed by atoms with Crippen LogP contribution in [-0.4, -0.2) is 26.1 Å². The van der Waals surface area contributed by atoms with E-state index in [0.717, 1.165) is 11.3 Å². The summed E-state index contributed by atoms with van der Waals surface area (Å²) >= 11 is 0. The molecule has 0 aliphatic heterocycles. The van der Waals surface area contributed by atoms with E-state index < -0.39 is 5.97 Å². The lowest BCUT2D eigenvalue weighted by Crippen LogP contribution is -2.03. The minimum absolute atomic E-state index is 0.0171. The van der Waals surface area contributed by atoms with Crippen molar-refractivity contribution in [1.82, 2.24) is 15.0 Å². The van der Waals surface area contributed by atoms with Crippen molar-refractivity contribution in [3.8, 4) is 17.1 Å². The maximum atomic E-state index is 10.7. The van der Waals surface area contributed by atoms with Gasteiger partial charge in [0, 0.05) is 6.54 Å². The highest BCUT2D eigenvalue weighted by Gasteiger charge is 2.17. The van der Waals surface area contributed by atoms with Crippen molar-refractivity contribution in [2.75, 3.05) is 0 Å². The maximum absolute atomic E-state index is 10.7. The first kappa shape index (κ1) is 14.0. The van der Waals surface area contributed by atoms with Gasteiger partial charge < -0.3 is 15.3 Å². The Hall–Kier alpha value is -2.93. The van der Waals surface area contributed by atoms with Crippen LogP contribution < -0.4 is 5.73 Å². The van der Waals surface area contributed by atoms with Crippen molar-refractivity contribution in [3.05, 3.63) is 53.9 Å². The minimum atomic E-state index is -0.866. The quantitative estimate of drug-likeness (QED) is 0.741. The molecule has 0 radical (unpaired) electrons. The third-order valence-corrected chi connectivity index (χ3v) is 3.22. The second-order valence-electron chi connectivity index (χ2n) is 4.71. The third-order valence-electron chi connectivity index (χ3n) is 3.22. The number of benzene rings is 1. The van der Waals surface area contributed by atoms with E-state index in [1.165, 1.54) is 0 Å². The molecule has 0 saturated carbocycles. The molecule has 0 bridgehead atoms.